The first-order valence-corrected chi connectivity index (χ1v) is 6.39. The Morgan fingerprint density at radius 2 is 2.11 bits per heavy atom. The molecule has 1 saturated carbocycles. The highest BCUT2D eigenvalue weighted by molar-refractivity contribution is 5.81. The number of carbonyl (C=O) groups excluding carboxylic acids is 1. The standard InChI is InChI=1S/C14H15N3O2/c1-9-15-13(17-19-9)12(10-5-3-2-4-6-10)16-14(18)11-7-8-11/h2-6,11-12H,7-8H2,1H3,(H,16,18). The van der Waals surface area contributed by atoms with Gasteiger partial charge in [-0.05, 0) is 18.4 Å². The molecule has 1 atom stereocenters. The second-order valence-electron chi connectivity index (χ2n) is 4.80. The summed E-state index contributed by atoms with van der Waals surface area (Å²) in [6.45, 7) is 1.74. The fourth-order valence-electron chi connectivity index (χ4n) is 1.98. The van der Waals surface area contributed by atoms with Gasteiger partial charge in [0.05, 0.1) is 0 Å². The second kappa shape index (κ2) is 4.84. The topological polar surface area (TPSA) is 68.0 Å². The van der Waals surface area contributed by atoms with E-state index in [0.717, 1.165) is 18.4 Å². The van der Waals surface area contributed by atoms with Gasteiger partial charge in [-0.25, -0.2) is 0 Å². The summed E-state index contributed by atoms with van der Waals surface area (Å²) in [5.74, 6) is 1.21. The Hall–Kier alpha value is -2.17. The van der Waals surface area contributed by atoms with Gasteiger partial charge in [-0.15, -0.1) is 0 Å². The molecule has 0 aliphatic heterocycles. The molecule has 1 aromatic carbocycles. The molecule has 1 unspecified atom stereocenters. The SMILES string of the molecule is Cc1nc(C(NC(=O)C2CC2)c2ccccc2)no1. The van der Waals surface area contributed by atoms with Crippen molar-refractivity contribution in [3.05, 3.63) is 47.6 Å². The molecule has 1 aromatic heterocycles. The van der Waals surface area contributed by atoms with Crippen LogP contribution in [0.15, 0.2) is 34.9 Å². The van der Waals surface area contributed by atoms with Crippen LogP contribution in [0.4, 0.5) is 0 Å². The summed E-state index contributed by atoms with van der Waals surface area (Å²) < 4.78 is 5.01. The monoisotopic (exact) mass is 257 g/mol. The summed E-state index contributed by atoms with van der Waals surface area (Å²) >= 11 is 0. The van der Waals surface area contributed by atoms with E-state index >= 15 is 0 Å². The first-order chi connectivity index (χ1) is 9.24. The molecule has 0 bridgehead atoms. The van der Waals surface area contributed by atoms with E-state index in [9.17, 15) is 4.79 Å². The van der Waals surface area contributed by atoms with Crippen LogP contribution in [0.3, 0.4) is 0 Å². The highest BCUT2D eigenvalue weighted by atomic mass is 16.5. The highest BCUT2D eigenvalue weighted by Crippen LogP contribution is 2.30. The number of amides is 1. The molecule has 19 heavy (non-hydrogen) atoms. The lowest BCUT2D eigenvalue weighted by Crippen LogP contribution is -2.31. The first-order valence-electron chi connectivity index (χ1n) is 6.39. The van der Waals surface area contributed by atoms with Gasteiger partial charge in [-0.3, -0.25) is 4.79 Å². The zero-order valence-corrected chi connectivity index (χ0v) is 10.7. The summed E-state index contributed by atoms with van der Waals surface area (Å²) in [6.07, 6.45) is 1.94. The Morgan fingerprint density at radius 3 is 2.68 bits per heavy atom. The van der Waals surface area contributed by atoms with Crippen molar-refractivity contribution in [3.8, 4) is 0 Å². The Kier molecular flexibility index (Phi) is 3.03. The number of nitrogens with one attached hydrogen (secondary N) is 1. The minimum atomic E-state index is -0.341. The third-order valence-corrected chi connectivity index (χ3v) is 3.17. The van der Waals surface area contributed by atoms with E-state index in [2.05, 4.69) is 15.5 Å². The van der Waals surface area contributed by atoms with Crippen molar-refractivity contribution in [2.24, 2.45) is 5.92 Å². The predicted octanol–water partition coefficient (Wildman–Crippen LogP) is 1.99. The molecular weight excluding hydrogens is 242 g/mol. The van der Waals surface area contributed by atoms with E-state index in [0.29, 0.717) is 11.7 Å². The van der Waals surface area contributed by atoms with Crippen LogP contribution in [0, 0.1) is 12.8 Å². The van der Waals surface area contributed by atoms with Crippen LogP contribution in [0.1, 0.15) is 36.2 Å². The molecule has 0 spiro atoms. The van der Waals surface area contributed by atoms with Crippen LogP contribution >= 0.6 is 0 Å². The minimum Gasteiger partial charge on any atom is -0.342 e. The molecule has 1 amide bonds. The fraction of sp³-hybridized carbons (Fsp3) is 0.357. The fourth-order valence-corrected chi connectivity index (χ4v) is 1.98. The lowest BCUT2D eigenvalue weighted by Gasteiger charge is -2.15. The normalized spacial score (nSPS) is 16.1. The van der Waals surface area contributed by atoms with Gasteiger partial charge in [0.15, 0.2) is 5.82 Å². The van der Waals surface area contributed by atoms with Crippen LogP contribution < -0.4 is 5.32 Å². The van der Waals surface area contributed by atoms with Gasteiger partial charge < -0.3 is 9.84 Å². The maximum atomic E-state index is 12.0. The van der Waals surface area contributed by atoms with Gasteiger partial charge in [0.1, 0.15) is 6.04 Å². The highest BCUT2D eigenvalue weighted by Gasteiger charge is 2.32. The van der Waals surface area contributed by atoms with Gasteiger partial charge in [0, 0.05) is 12.8 Å². The molecule has 0 radical (unpaired) electrons. The number of hydrogen-bond donors (Lipinski definition) is 1. The number of aryl methyl sites for hydroxylation is 1. The lowest BCUT2D eigenvalue weighted by molar-refractivity contribution is -0.122. The molecule has 0 saturated heterocycles. The van der Waals surface area contributed by atoms with Crippen molar-refractivity contribution in [1.82, 2.24) is 15.5 Å². The van der Waals surface area contributed by atoms with E-state index in [1.165, 1.54) is 0 Å². The molecule has 1 heterocycles. The molecule has 1 fully saturated rings. The van der Waals surface area contributed by atoms with Crippen molar-refractivity contribution in [1.29, 1.82) is 0 Å². The summed E-state index contributed by atoms with van der Waals surface area (Å²) in [5, 5.41) is 6.93. The van der Waals surface area contributed by atoms with Crippen LogP contribution in [-0.4, -0.2) is 16.0 Å². The number of benzene rings is 1. The van der Waals surface area contributed by atoms with Gasteiger partial charge in [-0.2, -0.15) is 4.98 Å². The van der Waals surface area contributed by atoms with E-state index in [1.54, 1.807) is 6.92 Å². The van der Waals surface area contributed by atoms with Crippen molar-refractivity contribution in [2.75, 3.05) is 0 Å². The van der Waals surface area contributed by atoms with E-state index in [4.69, 9.17) is 4.52 Å². The van der Waals surface area contributed by atoms with Gasteiger partial charge >= 0.3 is 0 Å². The minimum absolute atomic E-state index is 0.0660. The summed E-state index contributed by atoms with van der Waals surface area (Å²) in [6, 6.07) is 9.35. The van der Waals surface area contributed by atoms with Crippen LogP contribution in [0.2, 0.25) is 0 Å². The predicted molar refractivity (Wildman–Crippen MR) is 68.2 cm³/mol. The number of carbonyl (C=O) groups is 1. The van der Waals surface area contributed by atoms with Crippen LogP contribution in [0.25, 0.3) is 0 Å². The van der Waals surface area contributed by atoms with Crippen molar-refractivity contribution in [3.63, 3.8) is 0 Å². The number of hydrogen-bond acceptors (Lipinski definition) is 4. The Labute approximate surface area is 111 Å². The van der Waals surface area contributed by atoms with Gasteiger partial charge in [0.2, 0.25) is 11.8 Å². The van der Waals surface area contributed by atoms with Crippen molar-refractivity contribution >= 4 is 5.91 Å². The molecule has 1 N–H and O–H groups in total. The molecule has 98 valence electrons. The molecule has 5 nitrogen and oxygen atoms in total. The molecular formula is C14H15N3O2. The lowest BCUT2D eigenvalue weighted by atomic mass is 10.1. The van der Waals surface area contributed by atoms with E-state index in [-0.39, 0.29) is 17.9 Å². The van der Waals surface area contributed by atoms with Gasteiger partial charge in [-0.1, -0.05) is 35.5 Å². The third-order valence-electron chi connectivity index (χ3n) is 3.17. The Bertz CT molecular complexity index is 575. The Morgan fingerprint density at radius 1 is 1.37 bits per heavy atom. The third kappa shape index (κ3) is 2.65. The number of nitrogens with zero attached hydrogens (tertiary/aromatic N) is 2. The van der Waals surface area contributed by atoms with E-state index < -0.39 is 0 Å². The zero-order valence-electron chi connectivity index (χ0n) is 10.7. The second-order valence-corrected chi connectivity index (χ2v) is 4.80. The van der Waals surface area contributed by atoms with Crippen molar-refractivity contribution in [2.45, 2.75) is 25.8 Å². The average molecular weight is 257 g/mol. The summed E-state index contributed by atoms with van der Waals surface area (Å²) in [4.78, 5) is 16.2. The van der Waals surface area contributed by atoms with Crippen LogP contribution in [0.5, 0.6) is 0 Å². The molecule has 1 aliphatic rings. The van der Waals surface area contributed by atoms with Gasteiger partial charge in [0.25, 0.3) is 0 Å². The smallest absolute Gasteiger partial charge is 0.223 e. The number of aromatic nitrogens is 2. The van der Waals surface area contributed by atoms with Crippen LogP contribution in [-0.2, 0) is 4.79 Å². The maximum absolute atomic E-state index is 12.0. The summed E-state index contributed by atoms with van der Waals surface area (Å²) in [5.41, 5.74) is 0.956. The molecule has 3 rings (SSSR count). The average Bonchev–Trinajstić information content (AvgIpc) is 3.20. The molecule has 1 aliphatic carbocycles. The number of rotatable bonds is 4. The Balaban J connectivity index is 1.88. The molecule has 2 aromatic rings. The largest absolute Gasteiger partial charge is 0.342 e. The van der Waals surface area contributed by atoms with E-state index in [1.807, 2.05) is 30.3 Å². The quantitative estimate of drug-likeness (QED) is 0.909. The maximum Gasteiger partial charge on any atom is 0.223 e. The zero-order chi connectivity index (χ0) is 13.2. The summed E-state index contributed by atoms with van der Waals surface area (Å²) in [7, 11) is 0. The molecule has 5 heteroatoms. The first kappa shape index (κ1) is 11.9. The van der Waals surface area contributed by atoms with Crippen molar-refractivity contribution < 1.29 is 9.32 Å².